The fraction of sp³-hybridized carbons (Fsp3) is 0.533. The summed E-state index contributed by atoms with van der Waals surface area (Å²) in [4.78, 5) is 14.6. The molecule has 1 aromatic carbocycles. The van der Waals surface area contributed by atoms with E-state index in [1.165, 1.54) is 0 Å². The summed E-state index contributed by atoms with van der Waals surface area (Å²) in [5.41, 5.74) is 0.708. The highest BCUT2D eigenvalue weighted by atomic mass is 16.5. The van der Waals surface area contributed by atoms with E-state index in [1.54, 1.807) is 7.11 Å². The van der Waals surface area contributed by atoms with Gasteiger partial charge in [0.25, 0.3) is 5.91 Å². The van der Waals surface area contributed by atoms with E-state index in [4.69, 9.17) is 4.74 Å². The van der Waals surface area contributed by atoms with Crippen molar-refractivity contribution in [1.29, 1.82) is 0 Å². The van der Waals surface area contributed by atoms with E-state index in [-0.39, 0.29) is 5.91 Å². The molecule has 4 heteroatoms. The van der Waals surface area contributed by atoms with Crippen molar-refractivity contribution in [2.45, 2.75) is 25.8 Å². The van der Waals surface area contributed by atoms with Crippen molar-refractivity contribution >= 4 is 5.91 Å². The molecule has 2 rings (SSSR count). The summed E-state index contributed by atoms with van der Waals surface area (Å²) in [6.45, 7) is 4.81. The maximum Gasteiger partial charge on any atom is 0.254 e. The molecule has 1 fully saturated rings. The molecule has 0 aromatic heterocycles. The number of carbonyl (C=O) groups is 1. The minimum atomic E-state index is 0.106. The van der Waals surface area contributed by atoms with Crippen molar-refractivity contribution < 1.29 is 9.53 Å². The average molecular weight is 262 g/mol. The molecule has 0 aliphatic carbocycles. The third kappa shape index (κ3) is 3.26. The van der Waals surface area contributed by atoms with Gasteiger partial charge in [-0.25, -0.2) is 0 Å². The number of hydrogen-bond acceptors (Lipinski definition) is 3. The highest BCUT2D eigenvalue weighted by Gasteiger charge is 2.26. The molecule has 1 atom stereocenters. The zero-order valence-corrected chi connectivity index (χ0v) is 11.7. The first-order valence-electron chi connectivity index (χ1n) is 6.92. The van der Waals surface area contributed by atoms with Crippen molar-refractivity contribution in [3.05, 3.63) is 29.8 Å². The van der Waals surface area contributed by atoms with E-state index in [1.807, 2.05) is 29.2 Å². The van der Waals surface area contributed by atoms with Crippen LogP contribution in [0.1, 0.15) is 30.1 Å². The lowest BCUT2D eigenvalue weighted by molar-refractivity contribution is 0.0692. The topological polar surface area (TPSA) is 41.6 Å². The Labute approximate surface area is 114 Å². The van der Waals surface area contributed by atoms with Crippen LogP contribution in [-0.4, -0.2) is 43.6 Å². The average Bonchev–Trinajstić information content (AvgIpc) is 2.98. The van der Waals surface area contributed by atoms with Gasteiger partial charge in [-0.05, 0) is 37.6 Å². The first-order chi connectivity index (χ1) is 9.26. The Morgan fingerprint density at radius 2 is 2.37 bits per heavy atom. The van der Waals surface area contributed by atoms with Gasteiger partial charge in [-0.2, -0.15) is 0 Å². The Morgan fingerprint density at radius 3 is 3.00 bits per heavy atom. The second-order valence-corrected chi connectivity index (χ2v) is 4.88. The molecule has 0 bridgehead atoms. The molecular weight excluding hydrogens is 240 g/mol. The monoisotopic (exact) mass is 262 g/mol. The molecule has 1 unspecified atom stereocenters. The Balaban J connectivity index is 2.17. The minimum Gasteiger partial charge on any atom is -0.497 e. The van der Waals surface area contributed by atoms with Crippen molar-refractivity contribution in [2.75, 3.05) is 26.7 Å². The van der Waals surface area contributed by atoms with E-state index in [0.717, 1.165) is 38.2 Å². The van der Waals surface area contributed by atoms with E-state index < -0.39 is 0 Å². The van der Waals surface area contributed by atoms with Crippen LogP contribution in [0.2, 0.25) is 0 Å². The quantitative estimate of drug-likeness (QED) is 0.881. The molecule has 19 heavy (non-hydrogen) atoms. The maximum atomic E-state index is 12.6. The second-order valence-electron chi connectivity index (χ2n) is 4.88. The van der Waals surface area contributed by atoms with Gasteiger partial charge in [-0.1, -0.05) is 13.0 Å². The summed E-state index contributed by atoms with van der Waals surface area (Å²) in [6, 6.07) is 7.71. The zero-order valence-electron chi connectivity index (χ0n) is 11.7. The van der Waals surface area contributed by atoms with Crippen LogP contribution in [0.3, 0.4) is 0 Å². The second kappa shape index (κ2) is 6.57. The lowest BCUT2D eigenvalue weighted by Gasteiger charge is -2.28. The van der Waals surface area contributed by atoms with Gasteiger partial charge in [0, 0.05) is 24.7 Å². The number of ether oxygens (including phenoxy) is 1. The van der Waals surface area contributed by atoms with Gasteiger partial charge in [0.1, 0.15) is 5.75 Å². The van der Waals surface area contributed by atoms with E-state index >= 15 is 0 Å². The number of benzene rings is 1. The predicted octanol–water partition coefficient (Wildman–Crippen LogP) is 1.91. The van der Waals surface area contributed by atoms with Crippen LogP contribution in [0.4, 0.5) is 0 Å². The third-order valence-electron chi connectivity index (χ3n) is 3.52. The summed E-state index contributed by atoms with van der Waals surface area (Å²) in [6.07, 6.45) is 2.02. The van der Waals surface area contributed by atoms with Crippen LogP contribution in [0.15, 0.2) is 24.3 Å². The minimum absolute atomic E-state index is 0.106. The SMILES string of the molecule is CCCN(C(=O)c1cccc(OC)c1)C1CCNC1. The molecule has 1 heterocycles. The van der Waals surface area contributed by atoms with Crippen LogP contribution in [0.5, 0.6) is 5.75 Å². The highest BCUT2D eigenvalue weighted by Crippen LogP contribution is 2.18. The summed E-state index contributed by atoms with van der Waals surface area (Å²) < 4.78 is 5.19. The lowest BCUT2D eigenvalue weighted by atomic mass is 10.1. The molecule has 1 amide bonds. The van der Waals surface area contributed by atoms with Gasteiger partial charge in [0.2, 0.25) is 0 Å². The fourth-order valence-electron chi connectivity index (χ4n) is 2.52. The smallest absolute Gasteiger partial charge is 0.254 e. The molecule has 0 spiro atoms. The van der Waals surface area contributed by atoms with Gasteiger partial charge < -0.3 is 15.0 Å². The van der Waals surface area contributed by atoms with Crippen molar-refractivity contribution in [2.24, 2.45) is 0 Å². The molecule has 1 saturated heterocycles. The molecular formula is C15H22N2O2. The first kappa shape index (κ1) is 13.9. The summed E-state index contributed by atoms with van der Waals surface area (Å²) in [5.74, 6) is 0.835. The number of amides is 1. The molecule has 104 valence electrons. The van der Waals surface area contributed by atoms with Gasteiger partial charge in [-0.15, -0.1) is 0 Å². The first-order valence-corrected chi connectivity index (χ1v) is 6.92. The molecule has 1 N–H and O–H groups in total. The number of nitrogens with one attached hydrogen (secondary N) is 1. The highest BCUT2D eigenvalue weighted by molar-refractivity contribution is 5.94. The summed E-state index contributed by atoms with van der Waals surface area (Å²) in [7, 11) is 1.62. The third-order valence-corrected chi connectivity index (χ3v) is 3.52. The molecule has 1 aliphatic rings. The van der Waals surface area contributed by atoms with Crippen molar-refractivity contribution in [1.82, 2.24) is 10.2 Å². The predicted molar refractivity (Wildman–Crippen MR) is 75.6 cm³/mol. The largest absolute Gasteiger partial charge is 0.497 e. The summed E-state index contributed by atoms with van der Waals surface area (Å²) in [5, 5.41) is 3.32. The molecule has 0 radical (unpaired) electrons. The van der Waals surface area contributed by atoms with Crippen LogP contribution in [0, 0.1) is 0 Å². The zero-order chi connectivity index (χ0) is 13.7. The maximum absolute atomic E-state index is 12.6. The van der Waals surface area contributed by atoms with Crippen LogP contribution >= 0.6 is 0 Å². The number of rotatable bonds is 5. The van der Waals surface area contributed by atoms with Crippen LogP contribution in [0.25, 0.3) is 0 Å². The van der Waals surface area contributed by atoms with Crippen LogP contribution in [-0.2, 0) is 0 Å². The standard InChI is InChI=1S/C15H22N2O2/c1-3-9-17(13-7-8-16-11-13)15(18)12-5-4-6-14(10-12)19-2/h4-6,10,13,16H,3,7-9,11H2,1-2H3. The Bertz CT molecular complexity index is 428. The molecule has 4 nitrogen and oxygen atoms in total. The normalized spacial score (nSPS) is 18.3. The van der Waals surface area contributed by atoms with E-state index in [9.17, 15) is 4.79 Å². The van der Waals surface area contributed by atoms with Crippen LogP contribution < -0.4 is 10.1 Å². The van der Waals surface area contributed by atoms with Gasteiger partial charge in [0.05, 0.1) is 7.11 Å². The fourth-order valence-corrected chi connectivity index (χ4v) is 2.52. The Hall–Kier alpha value is -1.55. The Kier molecular flexibility index (Phi) is 4.80. The summed E-state index contributed by atoms with van der Waals surface area (Å²) >= 11 is 0. The number of hydrogen-bond donors (Lipinski definition) is 1. The molecule has 0 saturated carbocycles. The van der Waals surface area contributed by atoms with Crippen molar-refractivity contribution in [3.63, 3.8) is 0 Å². The number of nitrogens with zero attached hydrogens (tertiary/aromatic N) is 1. The molecule has 1 aromatic rings. The van der Waals surface area contributed by atoms with Gasteiger partial charge in [-0.3, -0.25) is 4.79 Å². The molecule has 1 aliphatic heterocycles. The van der Waals surface area contributed by atoms with Crippen molar-refractivity contribution in [3.8, 4) is 5.75 Å². The lowest BCUT2D eigenvalue weighted by Crippen LogP contribution is -2.42. The number of carbonyl (C=O) groups excluding carboxylic acids is 1. The van der Waals surface area contributed by atoms with Gasteiger partial charge in [0.15, 0.2) is 0 Å². The van der Waals surface area contributed by atoms with E-state index in [2.05, 4.69) is 12.2 Å². The van der Waals surface area contributed by atoms with Gasteiger partial charge >= 0.3 is 0 Å². The Morgan fingerprint density at radius 1 is 1.53 bits per heavy atom. The van der Waals surface area contributed by atoms with E-state index in [0.29, 0.717) is 11.6 Å². The number of methoxy groups -OCH3 is 1.